The molecule has 86 valence electrons. The fraction of sp³-hybridized carbons (Fsp3) is 0.429. The number of aryl methyl sites for hydroxylation is 1. The van der Waals surface area contributed by atoms with E-state index in [0.29, 0.717) is 6.32 Å². The van der Waals surface area contributed by atoms with Gasteiger partial charge in [-0.2, -0.15) is 0 Å². The van der Waals surface area contributed by atoms with Gasteiger partial charge in [-0.05, 0) is 37.0 Å². The van der Waals surface area contributed by atoms with E-state index >= 15 is 0 Å². The van der Waals surface area contributed by atoms with Gasteiger partial charge in [0, 0.05) is 18.2 Å². The van der Waals surface area contributed by atoms with Crippen LogP contribution in [0.4, 0.5) is 0 Å². The average Bonchev–Trinajstić information content (AvgIpc) is 2.33. The molecule has 1 atom stereocenters. The molecule has 17 heavy (non-hydrogen) atoms. The third-order valence-electron chi connectivity index (χ3n) is 3.84. The number of Topliss-reactive ketones (excluding diaryl/α,β-unsaturated/α-hetero) is 1. The third-order valence-corrected chi connectivity index (χ3v) is 3.84. The molecule has 1 heterocycles. The van der Waals surface area contributed by atoms with Crippen molar-refractivity contribution in [3.8, 4) is 5.97 Å². The first-order valence-electron chi connectivity index (χ1n) is 6.12. The molecule has 1 unspecified atom stereocenters. The Kier molecular flexibility index (Phi) is 3.33. The minimum absolute atomic E-state index is 0.0134. The summed E-state index contributed by atoms with van der Waals surface area (Å²) in [4.78, 5) is 12.1. The molecule has 2 rings (SSSR count). The second-order valence-corrected chi connectivity index (χ2v) is 4.92. The molecule has 1 aromatic carbocycles. The van der Waals surface area contributed by atoms with Crippen molar-refractivity contribution in [2.75, 3.05) is 0 Å². The van der Waals surface area contributed by atoms with Crippen molar-refractivity contribution in [1.29, 1.82) is 5.26 Å². The van der Waals surface area contributed by atoms with E-state index in [1.54, 1.807) is 0 Å². The van der Waals surface area contributed by atoms with E-state index in [9.17, 15) is 4.79 Å². The summed E-state index contributed by atoms with van der Waals surface area (Å²) in [5.74, 6) is 2.46. The van der Waals surface area contributed by atoms with Crippen LogP contribution in [0.1, 0.15) is 29.0 Å². The number of hydrogen-bond donors (Lipinski definition) is 0. The molecule has 1 saturated heterocycles. The number of nitrogens with zero attached hydrogens (tertiary/aromatic N) is 1. The summed E-state index contributed by atoms with van der Waals surface area (Å²) in [7, 11) is 0. The maximum absolute atomic E-state index is 12.1. The molecule has 0 saturated carbocycles. The Hall–Kier alpha value is -1.56. The standard InChI is InChI=1S/C14H16BNO/c1-10-4-3-5-12(11(10)2)13-6-7-15(9-16)8-14(13)17/h3-5,13H,6-8H2,1-2H3. The highest BCUT2D eigenvalue weighted by atomic mass is 16.1. The molecule has 2 nitrogen and oxygen atoms in total. The minimum Gasteiger partial charge on any atom is -0.300 e. The van der Waals surface area contributed by atoms with Gasteiger partial charge >= 0.3 is 0 Å². The molecular formula is C14H16BNO. The van der Waals surface area contributed by atoms with Crippen LogP contribution < -0.4 is 0 Å². The summed E-state index contributed by atoms with van der Waals surface area (Å²) in [5, 5.41) is 8.86. The second kappa shape index (κ2) is 4.75. The van der Waals surface area contributed by atoms with Crippen molar-refractivity contribution < 1.29 is 4.79 Å². The summed E-state index contributed by atoms with van der Waals surface area (Å²) >= 11 is 0. The zero-order valence-electron chi connectivity index (χ0n) is 10.4. The SMILES string of the molecule is Cc1cccc(C2CCB(C#N)CC2=O)c1C. The van der Waals surface area contributed by atoms with Crippen LogP contribution in [0.25, 0.3) is 0 Å². The number of hydrogen-bond acceptors (Lipinski definition) is 2. The van der Waals surface area contributed by atoms with Crippen molar-refractivity contribution >= 4 is 12.5 Å². The highest BCUT2D eigenvalue weighted by Crippen LogP contribution is 2.33. The molecule has 1 aliphatic heterocycles. The molecule has 0 aliphatic carbocycles. The first-order valence-corrected chi connectivity index (χ1v) is 6.12. The van der Waals surface area contributed by atoms with Crippen molar-refractivity contribution in [1.82, 2.24) is 0 Å². The van der Waals surface area contributed by atoms with E-state index in [2.05, 4.69) is 31.9 Å². The molecule has 1 aliphatic rings. The van der Waals surface area contributed by atoms with Gasteiger partial charge in [-0.15, -0.1) is 0 Å². The van der Waals surface area contributed by atoms with Crippen LogP contribution in [-0.4, -0.2) is 12.5 Å². The lowest BCUT2D eigenvalue weighted by molar-refractivity contribution is -0.118. The van der Waals surface area contributed by atoms with E-state index in [1.165, 1.54) is 11.1 Å². The molecule has 0 spiro atoms. The Morgan fingerprint density at radius 1 is 1.41 bits per heavy atom. The molecule has 3 heteroatoms. The molecular weight excluding hydrogens is 209 g/mol. The van der Waals surface area contributed by atoms with Crippen molar-refractivity contribution in [3.05, 3.63) is 34.9 Å². The van der Waals surface area contributed by atoms with Crippen LogP contribution in [0.3, 0.4) is 0 Å². The Morgan fingerprint density at radius 3 is 2.82 bits per heavy atom. The molecule has 0 N–H and O–H groups in total. The van der Waals surface area contributed by atoms with Crippen LogP contribution in [0.5, 0.6) is 0 Å². The smallest absolute Gasteiger partial charge is 0.275 e. The van der Waals surface area contributed by atoms with Gasteiger partial charge in [-0.1, -0.05) is 24.5 Å². The van der Waals surface area contributed by atoms with Crippen LogP contribution in [-0.2, 0) is 4.79 Å². The number of carbonyl (C=O) groups is 1. The van der Waals surface area contributed by atoms with Crippen LogP contribution in [0.15, 0.2) is 18.2 Å². The topological polar surface area (TPSA) is 40.9 Å². The van der Waals surface area contributed by atoms with Gasteiger partial charge in [-0.3, -0.25) is 4.79 Å². The number of carbonyl (C=O) groups excluding carboxylic acids is 1. The normalized spacial score (nSPS) is 20.2. The van der Waals surface area contributed by atoms with Gasteiger partial charge in [-0.25, -0.2) is 5.26 Å². The Bertz CT molecular complexity index is 489. The Balaban J connectivity index is 2.27. The van der Waals surface area contributed by atoms with Crippen molar-refractivity contribution in [2.45, 2.75) is 38.8 Å². The predicted molar refractivity (Wildman–Crippen MR) is 69.3 cm³/mol. The first kappa shape index (κ1) is 11.9. The molecule has 1 fully saturated rings. The number of benzene rings is 1. The second-order valence-electron chi connectivity index (χ2n) is 4.92. The first-order chi connectivity index (χ1) is 8.13. The molecule has 1 aromatic rings. The number of rotatable bonds is 1. The summed E-state index contributed by atoms with van der Waals surface area (Å²) in [6.45, 7) is 4.09. The molecule has 0 bridgehead atoms. The monoisotopic (exact) mass is 225 g/mol. The van der Waals surface area contributed by atoms with E-state index in [1.807, 2.05) is 6.07 Å². The van der Waals surface area contributed by atoms with Gasteiger partial charge in [0.15, 0.2) is 0 Å². The highest BCUT2D eigenvalue weighted by Gasteiger charge is 2.32. The third kappa shape index (κ3) is 2.26. The van der Waals surface area contributed by atoms with Crippen molar-refractivity contribution in [2.24, 2.45) is 0 Å². The molecule has 0 aromatic heterocycles. The molecule has 0 radical (unpaired) electrons. The summed E-state index contributed by atoms with van der Waals surface area (Å²) < 4.78 is 0. The quantitative estimate of drug-likeness (QED) is 0.689. The van der Waals surface area contributed by atoms with E-state index in [-0.39, 0.29) is 18.4 Å². The van der Waals surface area contributed by atoms with E-state index < -0.39 is 0 Å². The van der Waals surface area contributed by atoms with Crippen LogP contribution in [0, 0.1) is 25.1 Å². The minimum atomic E-state index is -0.0659. The molecule has 0 amide bonds. The van der Waals surface area contributed by atoms with E-state index in [4.69, 9.17) is 5.26 Å². The summed E-state index contributed by atoms with van der Waals surface area (Å²) in [5.41, 5.74) is 3.62. The summed E-state index contributed by atoms with van der Waals surface area (Å²) in [6, 6.07) is 6.14. The highest BCUT2D eigenvalue weighted by molar-refractivity contribution is 6.70. The zero-order chi connectivity index (χ0) is 12.4. The fourth-order valence-electron chi connectivity index (χ4n) is 2.61. The van der Waals surface area contributed by atoms with Crippen molar-refractivity contribution in [3.63, 3.8) is 0 Å². The maximum atomic E-state index is 12.1. The van der Waals surface area contributed by atoms with E-state index in [0.717, 1.165) is 18.3 Å². The summed E-state index contributed by atoms with van der Waals surface area (Å²) in [6.07, 6.45) is 2.09. The fourth-order valence-corrected chi connectivity index (χ4v) is 2.61. The van der Waals surface area contributed by atoms with Gasteiger partial charge in [0.05, 0.1) is 0 Å². The maximum Gasteiger partial charge on any atom is 0.275 e. The lowest BCUT2D eigenvalue weighted by Crippen LogP contribution is -2.28. The number of nitriles is 1. The Morgan fingerprint density at radius 2 is 2.18 bits per heavy atom. The van der Waals surface area contributed by atoms with Gasteiger partial charge in [0.25, 0.3) is 6.71 Å². The average molecular weight is 225 g/mol. The lowest BCUT2D eigenvalue weighted by atomic mass is 9.41. The largest absolute Gasteiger partial charge is 0.300 e. The lowest BCUT2D eigenvalue weighted by Gasteiger charge is -2.24. The van der Waals surface area contributed by atoms with Crippen LogP contribution in [0.2, 0.25) is 12.6 Å². The number of ketones is 1. The zero-order valence-corrected chi connectivity index (χ0v) is 10.4. The predicted octanol–water partition coefficient (Wildman–Crippen LogP) is 2.92. The van der Waals surface area contributed by atoms with Crippen LogP contribution >= 0.6 is 0 Å². The van der Waals surface area contributed by atoms with Gasteiger partial charge < -0.3 is 0 Å². The van der Waals surface area contributed by atoms with Gasteiger partial charge in [0.1, 0.15) is 5.78 Å². The van der Waals surface area contributed by atoms with Gasteiger partial charge in [0.2, 0.25) is 0 Å². The Labute approximate surface area is 103 Å².